The molecule has 9 heteroatoms. The second-order valence-electron chi connectivity index (χ2n) is 7.94. The van der Waals surface area contributed by atoms with E-state index < -0.39 is 35.6 Å². The first kappa shape index (κ1) is 21.6. The number of amides is 2. The molecule has 0 unspecified atom stereocenters. The van der Waals surface area contributed by atoms with Gasteiger partial charge in [-0.05, 0) is 43.0 Å². The Hall–Kier alpha value is -3.59. The summed E-state index contributed by atoms with van der Waals surface area (Å²) in [6.07, 6.45) is 0.0930. The van der Waals surface area contributed by atoms with Crippen molar-refractivity contribution in [3.8, 4) is 0 Å². The van der Waals surface area contributed by atoms with Gasteiger partial charge in [0.05, 0.1) is 5.69 Å². The lowest BCUT2D eigenvalue weighted by Crippen LogP contribution is -2.43. The molecule has 2 atom stereocenters. The van der Waals surface area contributed by atoms with E-state index in [9.17, 15) is 23.5 Å². The van der Waals surface area contributed by atoms with Crippen LogP contribution >= 0.6 is 0 Å². The summed E-state index contributed by atoms with van der Waals surface area (Å²) in [5, 5.41) is 22.2. The van der Waals surface area contributed by atoms with Crippen LogP contribution in [0.4, 0.5) is 14.6 Å². The van der Waals surface area contributed by atoms with Crippen molar-refractivity contribution in [2.45, 2.75) is 37.3 Å². The molecule has 1 saturated carbocycles. The lowest BCUT2D eigenvalue weighted by molar-refractivity contribution is -0.132. The van der Waals surface area contributed by atoms with Crippen LogP contribution in [0.2, 0.25) is 0 Å². The Morgan fingerprint density at radius 2 is 1.72 bits per heavy atom. The van der Waals surface area contributed by atoms with Crippen molar-refractivity contribution in [2.75, 3.05) is 5.32 Å². The first-order valence-corrected chi connectivity index (χ1v) is 10.2. The number of halogens is 2. The second kappa shape index (κ2) is 8.51. The van der Waals surface area contributed by atoms with Crippen LogP contribution in [-0.2, 0) is 15.0 Å². The number of carbonyl (C=O) groups is 2. The summed E-state index contributed by atoms with van der Waals surface area (Å²) in [6, 6.07) is 13.1. The van der Waals surface area contributed by atoms with Crippen LogP contribution in [-0.4, -0.2) is 33.2 Å². The number of hydrogen-bond donors (Lipinski definition) is 4. The Labute approximate surface area is 182 Å². The molecule has 0 radical (unpaired) electrons. The predicted molar refractivity (Wildman–Crippen MR) is 113 cm³/mol. The molecular formula is C23H22F2N4O3. The molecule has 166 valence electrons. The SMILES string of the molecule is C[C@H](NC(=O)[C@@H](O)c1cc(F)cc(F)c1)C(=O)Nc1cc(C2(c3ccccc3)CC2)n[nH]1. The van der Waals surface area contributed by atoms with Gasteiger partial charge >= 0.3 is 0 Å². The Morgan fingerprint density at radius 1 is 1.06 bits per heavy atom. The molecule has 32 heavy (non-hydrogen) atoms. The molecule has 1 aromatic heterocycles. The van der Waals surface area contributed by atoms with E-state index in [1.807, 2.05) is 30.3 Å². The molecule has 1 aliphatic rings. The third-order valence-corrected chi connectivity index (χ3v) is 5.60. The van der Waals surface area contributed by atoms with Crippen LogP contribution in [0.3, 0.4) is 0 Å². The standard InChI is InChI=1S/C23H22F2N4O3/c1-13(26-22(32)20(30)14-9-16(24)11-17(25)10-14)21(31)27-19-12-18(28-29-19)23(7-8-23)15-5-3-2-4-6-15/h2-6,9-13,20,30H,7-8H2,1H3,(H,26,32)(H2,27,28,29,31)/t13-,20-/m0/s1. The van der Waals surface area contributed by atoms with Crippen molar-refractivity contribution in [3.05, 3.63) is 83.1 Å². The van der Waals surface area contributed by atoms with Gasteiger partial charge in [-0.3, -0.25) is 14.7 Å². The fourth-order valence-corrected chi connectivity index (χ4v) is 3.69. The van der Waals surface area contributed by atoms with E-state index >= 15 is 0 Å². The summed E-state index contributed by atoms with van der Waals surface area (Å²) in [7, 11) is 0. The number of nitrogens with zero attached hydrogens (tertiary/aromatic N) is 1. The average molecular weight is 440 g/mol. The van der Waals surface area contributed by atoms with Gasteiger partial charge in [0.1, 0.15) is 23.5 Å². The van der Waals surface area contributed by atoms with Gasteiger partial charge in [0, 0.05) is 17.5 Å². The van der Waals surface area contributed by atoms with Crippen LogP contribution in [0.15, 0.2) is 54.6 Å². The highest BCUT2D eigenvalue weighted by Gasteiger charge is 2.47. The number of hydrogen-bond acceptors (Lipinski definition) is 4. The number of aliphatic hydroxyl groups excluding tert-OH is 1. The Bertz CT molecular complexity index is 1120. The molecule has 7 nitrogen and oxygen atoms in total. The summed E-state index contributed by atoms with van der Waals surface area (Å²) in [5.41, 5.74) is 1.57. The van der Waals surface area contributed by atoms with Gasteiger partial charge in [0.15, 0.2) is 6.10 Å². The van der Waals surface area contributed by atoms with Gasteiger partial charge in [-0.1, -0.05) is 30.3 Å². The maximum atomic E-state index is 13.3. The molecule has 1 fully saturated rings. The fourth-order valence-electron chi connectivity index (χ4n) is 3.69. The van der Waals surface area contributed by atoms with E-state index in [0.717, 1.165) is 36.2 Å². The highest BCUT2D eigenvalue weighted by atomic mass is 19.1. The van der Waals surface area contributed by atoms with E-state index in [4.69, 9.17) is 0 Å². The molecular weight excluding hydrogens is 418 g/mol. The topological polar surface area (TPSA) is 107 Å². The zero-order valence-corrected chi connectivity index (χ0v) is 17.2. The third-order valence-electron chi connectivity index (χ3n) is 5.60. The van der Waals surface area contributed by atoms with Crippen molar-refractivity contribution in [3.63, 3.8) is 0 Å². The van der Waals surface area contributed by atoms with Crippen molar-refractivity contribution in [1.82, 2.24) is 15.5 Å². The van der Waals surface area contributed by atoms with E-state index in [2.05, 4.69) is 20.8 Å². The first-order chi connectivity index (χ1) is 15.3. The van der Waals surface area contributed by atoms with Crippen LogP contribution in [0.1, 0.15) is 42.7 Å². The fraction of sp³-hybridized carbons (Fsp3) is 0.261. The minimum atomic E-state index is -1.82. The molecule has 0 bridgehead atoms. The highest BCUT2D eigenvalue weighted by molar-refractivity contribution is 5.97. The summed E-state index contributed by atoms with van der Waals surface area (Å²) in [6.45, 7) is 1.43. The van der Waals surface area contributed by atoms with E-state index in [1.165, 1.54) is 6.92 Å². The molecule has 1 heterocycles. The van der Waals surface area contributed by atoms with Crippen molar-refractivity contribution < 1.29 is 23.5 Å². The zero-order chi connectivity index (χ0) is 22.9. The van der Waals surface area contributed by atoms with Crippen LogP contribution in [0.5, 0.6) is 0 Å². The third kappa shape index (κ3) is 4.38. The van der Waals surface area contributed by atoms with Crippen molar-refractivity contribution in [1.29, 1.82) is 0 Å². The lowest BCUT2D eigenvalue weighted by Gasteiger charge is -2.16. The number of rotatable bonds is 7. The van der Waals surface area contributed by atoms with Crippen LogP contribution < -0.4 is 10.6 Å². The molecule has 4 N–H and O–H groups in total. The number of aliphatic hydroxyl groups is 1. The zero-order valence-electron chi connectivity index (χ0n) is 17.2. The Balaban J connectivity index is 1.38. The van der Waals surface area contributed by atoms with Gasteiger partial charge < -0.3 is 15.7 Å². The maximum Gasteiger partial charge on any atom is 0.254 e. The number of H-pyrrole nitrogens is 1. The molecule has 0 saturated heterocycles. The van der Waals surface area contributed by atoms with E-state index in [1.54, 1.807) is 6.07 Å². The molecule has 3 aromatic rings. The normalized spacial score (nSPS) is 16.1. The second-order valence-corrected chi connectivity index (χ2v) is 7.94. The lowest BCUT2D eigenvalue weighted by atomic mass is 9.92. The van der Waals surface area contributed by atoms with Crippen molar-refractivity contribution in [2.24, 2.45) is 0 Å². The monoisotopic (exact) mass is 440 g/mol. The summed E-state index contributed by atoms with van der Waals surface area (Å²) < 4.78 is 26.7. The first-order valence-electron chi connectivity index (χ1n) is 10.2. The maximum absolute atomic E-state index is 13.3. The largest absolute Gasteiger partial charge is 0.378 e. The molecule has 4 rings (SSSR count). The van der Waals surface area contributed by atoms with Gasteiger partial charge in [-0.25, -0.2) is 8.78 Å². The quantitative estimate of drug-likeness (QED) is 0.453. The molecule has 2 aromatic carbocycles. The average Bonchev–Trinajstić information content (AvgIpc) is 3.45. The summed E-state index contributed by atoms with van der Waals surface area (Å²) in [5.74, 6) is -2.96. The van der Waals surface area contributed by atoms with Crippen molar-refractivity contribution >= 4 is 17.6 Å². The van der Waals surface area contributed by atoms with Crippen LogP contribution in [0.25, 0.3) is 0 Å². The van der Waals surface area contributed by atoms with Gasteiger partial charge in [-0.15, -0.1) is 0 Å². The molecule has 0 aliphatic heterocycles. The number of benzene rings is 2. The van der Waals surface area contributed by atoms with E-state index in [-0.39, 0.29) is 11.0 Å². The number of anilines is 1. The Kier molecular flexibility index (Phi) is 5.75. The minimum Gasteiger partial charge on any atom is -0.378 e. The number of carbonyl (C=O) groups excluding carboxylic acids is 2. The predicted octanol–water partition coefficient (Wildman–Crippen LogP) is 2.94. The summed E-state index contributed by atoms with van der Waals surface area (Å²) >= 11 is 0. The molecule has 1 aliphatic carbocycles. The minimum absolute atomic E-state index is 0.162. The number of nitrogens with one attached hydrogen (secondary N) is 3. The number of aromatic nitrogens is 2. The number of aromatic amines is 1. The smallest absolute Gasteiger partial charge is 0.254 e. The van der Waals surface area contributed by atoms with E-state index in [0.29, 0.717) is 11.9 Å². The summed E-state index contributed by atoms with van der Waals surface area (Å²) in [4.78, 5) is 24.7. The van der Waals surface area contributed by atoms with Crippen LogP contribution in [0, 0.1) is 11.6 Å². The van der Waals surface area contributed by atoms with Gasteiger partial charge in [0.2, 0.25) is 5.91 Å². The molecule has 0 spiro atoms. The molecule has 2 amide bonds. The van der Waals surface area contributed by atoms with Gasteiger partial charge in [-0.2, -0.15) is 5.10 Å². The highest BCUT2D eigenvalue weighted by Crippen LogP contribution is 2.53. The Morgan fingerprint density at radius 3 is 2.34 bits per heavy atom. The van der Waals surface area contributed by atoms with Gasteiger partial charge in [0.25, 0.3) is 5.91 Å².